The predicted octanol–water partition coefficient (Wildman–Crippen LogP) is 4.66. The van der Waals surface area contributed by atoms with E-state index in [1.807, 2.05) is 6.07 Å². The van der Waals surface area contributed by atoms with Gasteiger partial charge in [-0.3, -0.25) is 0 Å². The standard InChI is InChI=1S/C16H18BrFN2O/c1-16(2,3)20-10-11-4-7-15(19-9-11)21-14-6-5-12(17)8-13(14)18/h4-9,20H,10H2,1-3H3. The molecule has 0 bridgehead atoms. The van der Waals surface area contributed by atoms with Crippen molar-refractivity contribution in [2.75, 3.05) is 0 Å². The van der Waals surface area contributed by atoms with Crippen LogP contribution < -0.4 is 10.1 Å². The maximum Gasteiger partial charge on any atom is 0.219 e. The molecule has 0 aliphatic heterocycles. The molecule has 0 aliphatic carbocycles. The second-order valence-electron chi connectivity index (χ2n) is 5.79. The second-order valence-corrected chi connectivity index (χ2v) is 6.70. The highest BCUT2D eigenvalue weighted by Crippen LogP contribution is 2.25. The van der Waals surface area contributed by atoms with E-state index in [2.05, 4.69) is 47.0 Å². The maximum atomic E-state index is 13.7. The number of pyridine rings is 1. The fraction of sp³-hybridized carbons (Fsp3) is 0.312. The van der Waals surface area contributed by atoms with Crippen molar-refractivity contribution in [3.05, 3.63) is 52.4 Å². The van der Waals surface area contributed by atoms with E-state index in [1.54, 1.807) is 24.4 Å². The largest absolute Gasteiger partial charge is 0.436 e. The number of halogens is 2. The Hall–Kier alpha value is -1.46. The zero-order valence-corrected chi connectivity index (χ0v) is 13.9. The Balaban J connectivity index is 2.02. The van der Waals surface area contributed by atoms with Gasteiger partial charge in [0.1, 0.15) is 0 Å². The van der Waals surface area contributed by atoms with Crippen LogP contribution in [0.25, 0.3) is 0 Å². The first-order chi connectivity index (χ1) is 9.83. The number of hydrogen-bond donors (Lipinski definition) is 1. The van der Waals surface area contributed by atoms with E-state index in [4.69, 9.17) is 4.74 Å². The average molecular weight is 353 g/mol. The molecule has 0 saturated carbocycles. The third-order valence-corrected chi connectivity index (χ3v) is 3.22. The summed E-state index contributed by atoms with van der Waals surface area (Å²) in [7, 11) is 0. The van der Waals surface area contributed by atoms with Crippen molar-refractivity contribution >= 4 is 15.9 Å². The van der Waals surface area contributed by atoms with Crippen molar-refractivity contribution < 1.29 is 9.13 Å². The lowest BCUT2D eigenvalue weighted by Crippen LogP contribution is -2.35. The lowest BCUT2D eigenvalue weighted by molar-refractivity contribution is 0.419. The Morgan fingerprint density at radius 1 is 1.24 bits per heavy atom. The van der Waals surface area contributed by atoms with E-state index in [9.17, 15) is 4.39 Å². The van der Waals surface area contributed by atoms with Gasteiger partial charge < -0.3 is 10.1 Å². The van der Waals surface area contributed by atoms with Crippen LogP contribution in [0, 0.1) is 5.82 Å². The monoisotopic (exact) mass is 352 g/mol. The van der Waals surface area contributed by atoms with E-state index in [0.717, 1.165) is 12.1 Å². The van der Waals surface area contributed by atoms with Gasteiger partial charge in [0.2, 0.25) is 5.88 Å². The highest BCUT2D eigenvalue weighted by atomic mass is 79.9. The summed E-state index contributed by atoms with van der Waals surface area (Å²) in [6.45, 7) is 7.04. The Morgan fingerprint density at radius 2 is 2.00 bits per heavy atom. The van der Waals surface area contributed by atoms with E-state index in [1.165, 1.54) is 6.07 Å². The van der Waals surface area contributed by atoms with E-state index >= 15 is 0 Å². The molecular weight excluding hydrogens is 335 g/mol. The first-order valence-corrected chi connectivity index (χ1v) is 7.46. The minimum Gasteiger partial charge on any atom is -0.436 e. The van der Waals surface area contributed by atoms with Crippen LogP contribution in [0.1, 0.15) is 26.3 Å². The molecule has 0 saturated heterocycles. The molecule has 1 N–H and O–H groups in total. The van der Waals surface area contributed by atoms with Crippen molar-refractivity contribution in [3.8, 4) is 11.6 Å². The lowest BCUT2D eigenvalue weighted by Gasteiger charge is -2.20. The third kappa shape index (κ3) is 5.10. The number of benzene rings is 1. The van der Waals surface area contributed by atoms with Gasteiger partial charge in [-0.15, -0.1) is 0 Å². The van der Waals surface area contributed by atoms with Crippen molar-refractivity contribution in [2.24, 2.45) is 0 Å². The van der Waals surface area contributed by atoms with Gasteiger partial charge in [-0.2, -0.15) is 0 Å². The number of nitrogens with zero attached hydrogens (tertiary/aromatic N) is 1. The van der Waals surface area contributed by atoms with Crippen molar-refractivity contribution in [1.29, 1.82) is 0 Å². The molecule has 3 nitrogen and oxygen atoms in total. The number of nitrogens with one attached hydrogen (secondary N) is 1. The summed E-state index contributed by atoms with van der Waals surface area (Å²) in [4.78, 5) is 4.20. The molecule has 0 aliphatic rings. The van der Waals surface area contributed by atoms with Gasteiger partial charge >= 0.3 is 0 Å². The molecule has 112 valence electrons. The molecule has 0 spiro atoms. The molecule has 2 aromatic rings. The minimum absolute atomic E-state index is 0.0513. The third-order valence-electron chi connectivity index (χ3n) is 2.73. The van der Waals surface area contributed by atoms with E-state index < -0.39 is 5.82 Å². The highest BCUT2D eigenvalue weighted by molar-refractivity contribution is 9.10. The van der Waals surface area contributed by atoms with Crippen LogP contribution in [0.4, 0.5) is 4.39 Å². The fourth-order valence-corrected chi connectivity index (χ4v) is 1.95. The van der Waals surface area contributed by atoms with Crippen LogP contribution in [-0.4, -0.2) is 10.5 Å². The van der Waals surface area contributed by atoms with Gasteiger partial charge in [0, 0.05) is 28.8 Å². The van der Waals surface area contributed by atoms with Gasteiger partial charge in [0.25, 0.3) is 0 Å². The summed E-state index contributed by atoms with van der Waals surface area (Å²) >= 11 is 3.21. The van der Waals surface area contributed by atoms with Crippen LogP contribution in [-0.2, 0) is 6.54 Å². The molecule has 0 atom stereocenters. The zero-order chi connectivity index (χ0) is 15.5. The Morgan fingerprint density at radius 3 is 2.57 bits per heavy atom. The van der Waals surface area contributed by atoms with Crippen LogP contribution in [0.15, 0.2) is 41.0 Å². The summed E-state index contributed by atoms with van der Waals surface area (Å²) in [6, 6.07) is 8.30. The van der Waals surface area contributed by atoms with Crippen LogP contribution in [0.5, 0.6) is 11.6 Å². The van der Waals surface area contributed by atoms with Crippen LogP contribution in [0.2, 0.25) is 0 Å². The molecule has 0 amide bonds. The van der Waals surface area contributed by atoms with Crippen molar-refractivity contribution in [2.45, 2.75) is 32.9 Å². The van der Waals surface area contributed by atoms with Gasteiger partial charge in [-0.1, -0.05) is 22.0 Å². The minimum atomic E-state index is -0.426. The summed E-state index contributed by atoms with van der Waals surface area (Å²) in [5.74, 6) is 0.103. The fourth-order valence-electron chi connectivity index (χ4n) is 1.61. The number of rotatable bonds is 4. The van der Waals surface area contributed by atoms with Gasteiger partial charge in [0.05, 0.1) is 0 Å². The first kappa shape index (κ1) is 15.9. The topological polar surface area (TPSA) is 34.1 Å². The van der Waals surface area contributed by atoms with Crippen LogP contribution >= 0.6 is 15.9 Å². The maximum absolute atomic E-state index is 13.7. The molecule has 5 heteroatoms. The van der Waals surface area contributed by atoms with Crippen LogP contribution in [0.3, 0.4) is 0 Å². The number of aromatic nitrogens is 1. The molecule has 0 radical (unpaired) electrons. The lowest BCUT2D eigenvalue weighted by atomic mass is 10.1. The molecule has 2 rings (SSSR count). The highest BCUT2D eigenvalue weighted by Gasteiger charge is 2.09. The Bertz CT molecular complexity index is 609. The molecule has 1 heterocycles. The molecule has 1 aromatic carbocycles. The number of hydrogen-bond acceptors (Lipinski definition) is 3. The smallest absolute Gasteiger partial charge is 0.219 e. The van der Waals surface area contributed by atoms with E-state index in [0.29, 0.717) is 10.4 Å². The normalized spacial score (nSPS) is 11.5. The summed E-state index contributed by atoms with van der Waals surface area (Å²) in [5, 5.41) is 3.38. The van der Waals surface area contributed by atoms with Gasteiger partial charge in [-0.25, -0.2) is 9.37 Å². The number of ether oxygens (including phenoxy) is 1. The Labute approximate surface area is 132 Å². The summed E-state index contributed by atoms with van der Waals surface area (Å²) in [5.41, 5.74) is 1.10. The van der Waals surface area contributed by atoms with Crippen molar-refractivity contribution in [1.82, 2.24) is 10.3 Å². The molecule has 0 unspecified atom stereocenters. The van der Waals surface area contributed by atoms with Gasteiger partial charge in [-0.05, 0) is 44.5 Å². The SMILES string of the molecule is CC(C)(C)NCc1ccc(Oc2ccc(Br)cc2F)nc1. The van der Waals surface area contributed by atoms with Crippen molar-refractivity contribution in [3.63, 3.8) is 0 Å². The van der Waals surface area contributed by atoms with Gasteiger partial charge in [0.15, 0.2) is 11.6 Å². The molecular formula is C16H18BrFN2O. The summed E-state index contributed by atoms with van der Waals surface area (Å²) < 4.78 is 19.8. The second kappa shape index (κ2) is 6.54. The van der Waals surface area contributed by atoms with E-state index in [-0.39, 0.29) is 11.3 Å². The average Bonchev–Trinajstić information content (AvgIpc) is 2.40. The quantitative estimate of drug-likeness (QED) is 0.868. The zero-order valence-electron chi connectivity index (χ0n) is 12.3. The molecule has 1 aromatic heterocycles. The predicted molar refractivity (Wildman–Crippen MR) is 85.0 cm³/mol. The molecule has 0 fully saturated rings. The first-order valence-electron chi connectivity index (χ1n) is 6.66. The summed E-state index contributed by atoms with van der Waals surface area (Å²) in [6.07, 6.45) is 1.73. The molecule has 21 heavy (non-hydrogen) atoms. The Kier molecular flexibility index (Phi) is 4.96.